The summed E-state index contributed by atoms with van der Waals surface area (Å²) in [7, 11) is 0. The van der Waals surface area contributed by atoms with E-state index >= 15 is 0 Å². The van der Waals surface area contributed by atoms with E-state index in [0.717, 1.165) is 14.7 Å². The zero-order chi connectivity index (χ0) is 14.2. The number of hydrogen-bond acceptors (Lipinski definition) is 1. The van der Waals surface area contributed by atoms with Gasteiger partial charge in [0.2, 0.25) is 0 Å². The molecule has 0 saturated carbocycles. The molecule has 1 aromatic carbocycles. The molecule has 2 aromatic rings. The van der Waals surface area contributed by atoms with E-state index in [-0.39, 0.29) is 9.30 Å². The van der Waals surface area contributed by atoms with Gasteiger partial charge in [-0.1, -0.05) is 37.9 Å². The molecule has 1 aromatic heterocycles. The Labute approximate surface area is 137 Å². The van der Waals surface area contributed by atoms with E-state index < -0.39 is 11.7 Å². The largest absolute Gasteiger partial charge is 0.417 e. The summed E-state index contributed by atoms with van der Waals surface area (Å²) in [6.07, 6.45) is -4.36. The van der Waals surface area contributed by atoms with Gasteiger partial charge in [0.05, 0.1) is 14.2 Å². The fourth-order valence-electron chi connectivity index (χ4n) is 1.55. The number of hydrogen-bond donors (Lipinski definition) is 0. The molecule has 102 valence electrons. The first-order chi connectivity index (χ1) is 8.79. The highest BCUT2D eigenvalue weighted by molar-refractivity contribution is 9.11. The Morgan fingerprint density at radius 3 is 2.26 bits per heavy atom. The highest BCUT2D eigenvalue weighted by atomic mass is 79.9. The summed E-state index contributed by atoms with van der Waals surface area (Å²) in [6.45, 7) is 0. The first kappa shape index (κ1) is 15.5. The number of thiophene rings is 1. The smallest absolute Gasteiger partial charge is 0.166 e. The molecule has 0 bridgehead atoms. The lowest BCUT2D eigenvalue weighted by Gasteiger charge is -2.13. The van der Waals surface area contributed by atoms with Crippen molar-refractivity contribution in [1.29, 1.82) is 0 Å². The van der Waals surface area contributed by atoms with Crippen LogP contribution in [0.1, 0.15) is 20.8 Å². The van der Waals surface area contributed by atoms with Crippen LogP contribution in [0.2, 0.25) is 0 Å². The third-order valence-electron chi connectivity index (χ3n) is 2.43. The summed E-state index contributed by atoms with van der Waals surface area (Å²) in [5.74, 6) is 0. The van der Waals surface area contributed by atoms with Crippen LogP contribution in [-0.4, -0.2) is 0 Å². The van der Waals surface area contributed by atoms with E-state index in [1.54, 1.807) is 6.07 Å². The van der Waals surface area contributed by atoms with Gasteiger partial charge in [-0.15, -0.1) is 11.3 Å². The Kier molecular flexibility index (Phi) is 4.80. The fraction of sp³-hybridized carbons (Fsp3) is 0.167. The molecule has 0 amide bonds. The number of alkyl halides is 4. The normalized spacial score (nSPS) is 13.6. The van der Waals surface area contributed by atoms with Crippen LogP contribution in [0.5, 0.6) is 0 Å². The maximum absolute atomic E-state index is 12.8. The molecule has 0 N–H and O–H groups in total. The topological polar surface area (TPSA) is 0 Å². The maximum Gasteiger partial charge on any atom is 0.417 e. The van der Waals surface area contributed by atoms with Gasteiger partial charge in [0.1, 0.15) is 0 Å². The summed E-state index contributed by atoms with van der Waals surface area (Å²) in [6, 6.07) is 8.01. The Hall–Kier alpha value is 0.150. The van der Waals surface area contributed by atoms with E-state index in [1.807, 2.05) is 12.1 Å². The first-order valence-corrected chi connectivity index (χ1v) is 8.37. The van der Waals surface area contributed by atoms with Crippen molar-refractivity contribution in [3.63, 3.8) is 0 Å². The summed E-state index contributed by atoms with van der Waals surface area (Å²) >= 11 is 11.2. The average molecular weight is 479 g/mol. The molecule has 0 nitrogen and oxygen atoms in total. The molecule has 0 radical (unpaired) electrons. The molecule has 0 aliphatic heterocycles. The molecule has 19 heavy (non-hydrogen) atoms. The summed E-state index contributed by atoms with van der Waals surface area (Å²) in [5, 5.41) is 0. The van der Waals surface area contributed by atoms with Crippen molar-refractivity contribution < 1.29 is 13.2 Å². The minimum Gasteiger partial charge on any atom is -0.166 e. The predicted octanol–water partition coefficient (Wildman–Crippen LogP) is 6.78. The van der Waals surface area contributed by atoms with Crippen molar-refractivity contribution in [2.45, 2.75) is 11.0 Å². The van der Waals surface area contributed by atoms with Crippen LogP contribution in [0.4, 0.5) is 13.2 Å². The fourth-order valence-corrected chi connectivity index (χ4v) is 4.17. The lowest BCUT2D eigenvalue weighted by atomic mass is 10.1. The molecule has 0 aliphatic carbocycles. The lowest BCUT2D eigenvalue weighted by molar-refractivity contribution is -0.138. The third kappa shape index (κ3) is 3.62. The molecule has 0 spiro atoms. The van der Waals surface area contributed by atoms with E-state index in [4.69, 9.17) is 0 Å². The van der Waals surface area contributed by atoms with Crippen LogP contribution in [-0.2, 0) is 6.18 Å². The molecule has 0 fully saturated rings. The standard InChI is InChI=1S/C12H6Br3F3S/c13-8-2-1-6(5-7(8)12(16,17)18)11(15)9-3-4-10(14)19-9/h1-5,11H. The van der Waals surface area contributed by atoms with Gasteiger partial charge in [-0.05, 0) is 45.8 Å². The minimum atomic E-state index is -4.36. The van der Waals surface area contributed by atoms with Gasteiger partial charge in [-0.3, -0.25) is 0 Å². The second-order valence-corrected chi connectivity index (χ2v) is 8.01. The molecule has 2 rings (SSSR count). The van der Waals surface area contributed by atoms with Gasteiger partial charge in [0.25, 0.3) is 0 Å². The van der Waals surface area contributed by atoms with E-state index in [2.05, 4.69) is 47.8 Å². The Morgan fingerprint density at radius 1 is 1.05 bits per heavy atom. The van der Waals surface area contributed by atoms with Gasteiger partial charge in [-0.25, -0.2) is 0 Å². The third-order valence-corrected chi connectivity index (χ3v) is 6.14. The van der Waals surface area contributed by atoms with Crippen LogP contribution in [0.3, 0.4) is 0 Å². The van der Waals surface area contributed by atoms with E-state index in [1.165, 1.54) is 17.4 Å². The van der Waals surface area contributed by atoms with E-state index in [9.17, 15) is 13.2 Å². The van der Waals surface area contributed by atoms with Crippen molar-refractivity contribution in [1.82, 2.24) is 0 Å². The molecule has 0 aliphatic rings. The van der Waals surface area contributed by atoms with Gasteiger partial charge in [-0.2, -0.15) is 13.2 Å². The van der Waals surface area contributed by atoms with E-state index in [0.29, 0.717) is 5.56 Å². The average Bonchev–Trinajstić information content (AvgIpc) is 2.74. The van der Waals surface area contributed by atoms with Gasteiger partial charge < -0.3 is 0 Å². The zero-order valence-electron chi connectivity index (χ0n) is 9.14. The van der Waals surface area contributed by atoms with Crippen LogP contribution in [0, 0.1) is 0 Å². The Bertz CT molecular complexity index is 592. The molecule has 1 unspecified atom stereocenters. The SMILES string of the molecule is FC(F)(F)c1cc(C(Br)c2ccc(Br)s2)ccc1Br. The second-order valence-electron chi connectivity index (χ2n) is 3.74. The van der Waals surface area contributed by atoms with Crippen LogP contribution >= 0.6 is 59.1 Å². The molecule has 1 heterocycles. The zero-order valence-corrected chi connectivity index (χ0v) is 14.7. The maximum atomic E-state index is 12.8. The van der Waals surface area contributed by atoms with Gasteiger partial charge in [0.15, 0.2) is 0 Å². The molecule has 1 atom stereocenters. The lowest BCUT2D eigenvalue weighted by Crippen LogP contribution is -2.07. The summed E-state index contributed by atoms with van der Waals surface area (Å²) < 4.78 is 39.5. The van der Waals surface area contributed by atoms with Crippen molar-refractivity contribution in [2.75, 3.05) is 0 Å². The summed E-state index contributed by atoms with van der Waals surface area (Å²) in [5.41, 5.74) is -0.0880. The van der Waals surface area contributed by atoms with Crippen molar-refractivity contribution >= 4 is 59.1 Å². The molecule has 7 heteroatoms. The number of rotatable bonds is 2. The van der Waals surface area contributed by atoms with Gasteiger partial charge in [0, 0.05) is 9.35 Å². The van der Waals surface area contributed by atoms with Crippen LogP contribution in [0.25, 0.3) is 0 Å². The number of halogens is 6. The van der Waals surface area contributed by atoms with Crippen molar-refractivity contribution in [2.24, 2.45) is 0 Å². The highest BCUT2D eigenvalue weighted by Crippen LogP contribution is 2.41. The highest BCUT2D eigenvalue weighted by Gasteiger charge is 2.33. The predicted molar refractivity (Wildman–Crippen MR) is 81.9 cm³/mol. The molecular formula is C12H6Br3F3S. The molecule has 0 saturated heterocycles. The molecular weight excluding hydrogens is 473 g/mol. The quantitative estimate of drug-likeness (QED) is 0.417. The van der Waals surface area contributed by atoms with Crippen molar-refractivity contribution in [3.8, 4) is 0 Å². The first-order valence-electron chi connectivity index (χ1n) is 5.05. The van der Waals surface area contributed by atoms with Crippen molar-refractivity contribution in [3.05, 3.63) is 54.6 Å². The second kappa shape index (κ2) is 5.87. The Morgan fingerprint density at radius 2 is 1.74 bits per heavy atom. The summed E-state index contributed by atoms with van der Waals surface area (Å²) in [4.78, 5) is 0.695. The minimum absolute atomic E-state index is 0.0517. The van der Waals surface area contributed by atoms with Crippen LogP contribution in [0.15, 0.2) is 38.6 Å². The van der Waals surface area contributed by atoms with Gasteiger partial charge >= 0.3 is 6.18 Å². The monoisotopic (exact) mass is 476 g/mol. The Balaban J connectivity index is 2.41. The number of benzene rings is 1. The van der Waals surface area contributed by atoms with Crippen LogP contribution < -0.4 is 0 Å².